The van der Waals surface area contributed by atoms with E-state index in [1.165, 1.54) is 42.5 Å². The van der Waals surface area contributed by atoms with E-state index >= 15 is 0 Å². The van der Waals surface area contributed by atoms with Gasteiger partial charge in [0.1, 0.15) is 11.5 Å². The van der Waals surface area contributed by atoms with Crippen LogP contribution in [0.1, 0.15) is 16.7 Å². The smallest absolute Gasteiger partial charge is 0.283 e. The summed E-state index contributed by atoms with van der Waals surface area (Å²) in [6, 6.07) is 11.6. The first-order valence-corrected chi connectivity index (χ1v) is 10.8. The zero-order valence-electron chi connectivity index (χ0n) is 14.3. The Morgan fingerprint density at radius 2 is 1.45 bits per heavy atom. The van der Waals surface area contributed by atoms with Crippen molar-refractivity contribution in [2.24, 2.45) is 0 Å². The highest BCUT2D eigenvalue weighted by molar-refractivity contribution is 7.87. The average Bonchev–Trinajstić information content (AvgIpc) is 2.60. The van der Waals surface area contributed by atoms with Crippen molar-refractivity contribution >= 4 is 56.5 Å². The maximum Gasteiger partial charge on any atom is 0.283 e. The summed E-state index contributed by atoms with van der Waals surface area (Å²) in [4.78, 5) is 0. The lowest BCUT2D eigenvalue weighted by Gasteiger charge is -2.34. The minimum absolute atomic E-state index is 0.0244. The summed E-state index contributed by atoms with van der Waals surface area (Å²) in [5.41, 5.74) is -0.463. The van der Waals surface area contributed by atoms with Gasteiger partial charge in [0.05, 0.1) is 5.02 Å². The van der Waals surface area contributed by atoms with E-state index in [9.17, 15) is 23.2 Å². The van der Waals surface area contributed by atoms with E-state index in [4.69, 9.17) is 46.4 Å². The van der Waals surface area contributed by atoms with E-state index in [0.29, 0.717) is 0 Å². The molecule has 3 N–H and O–H groups in total. The van der Waals surface area contributed by atoms with Crippen LogP contribution in [0.2, 0.25) is 20.1 Å². The van der Waals surface area contributed by atoms with Gasteiger partial charge in [-0.25, -0.2) is 0 Å². The molecule has 0 spiro atoms. The molecule has 152 valence electrons. The van der Waals surface area contributed by atoms with Gasteiger partial charge in [0, 0.05) is 32.3 Å². The second-order valence-electron chi connectivity index (χ2n) is 6.12. The number of rotatable bonds is 4. The molecule has 29 heavy (non-hydrogen) atoms. The molecule has 0 saturated carbocycles. The first-order chi connectivity index (χ1) is 13.5. The fourth-order valence-electron chi connectivity index (χ4n) is 3.22. The lowest BCUT2D eigenvalue weighted by Crippen LogP contribution is -2.39. The SMILES string of the molecule is O=S(=O)(O)C(c1cccc(Cl)c1)(c1ccc(Cl)cc1Cl)c1cc(O)cc(O)c1Cl. The van der Waals surface area contributed by atoms with Gasteiger partial charge < -0.3 is 10.2 Å². The quantitative estimate of drug-likeness (QED) is 0.311. The highest BCUT2D eigenvalue weighted by Gasteiger charge is 2.51. The van der Waals surface area contributed by atoms with Gasteiger partial charge in [-0.1, -0.05) is 64.6 Å². The summed E-state index contributed by atoms with van der Waals surface area (Å²) in [6.07, 6.45) is 0. The first-order valence-electron chi connectivity index (χ1n) is 7.89. The van der Waals surface area contributed by atoms with E-state index in [1.54, 1.807) is 0 Å². The highest BCUT2D eigenvalue weighted by atomic mass is 35.5. The minimum atomic E-state index is -5.09. The van der Waals surface area contributed by atoms with Crippen molar-refractivity contribution in [2.75, 3.05) is 0 Å². The van der Waals surface area contributed by atoms with E-state index in [2.05, 4.69) is 0 Å². The third-order valence-corrected chi connectivity index (χ3v) is 6.98. The lowest BCUT2D eigenvalue weighted by atomic mass is 9.83. The topological polar surface area (TPSA) is 94.8 Å². The molecule has 5 nitrogen and oxygen atoms in total. The molecule has 3 aromatic carbocycles. The van der Waals surface area contributed by atoms with Gasteiger partial charge in [-0.2, -0.15) is 8.42 Å². The van der Waals surface area contributed by atoms with Crippen LogP contribution in [0.5, 0.6) is 11.5 Å². The Balaban J connectivity index is 2.63. The van der Waals surface area contributed by atoms with Gasteiger partial charge >= 0.3 is 0 Å². The Kier molecular flexibility index (Phi) is 5.98. The van der Waals surface area contributed by atoms with Crippen LogP contribution in [-0.2, 0) is 14.9 Å². The fourth-order valence-corrected chi connectivity index (χ4v) is 5.64. The van der Waals surface area contributed by atoms with E-state index in [1.807, 2.05) is 0 Å². The average molecular weight is 494 g/mol. The molecule has 0 aliphatic rings. The third kappa shape index (κ3) is 3.77. The molecule has 1 unspecified atom stereocenters. The molecule has 10 heteroatoms. The van der Waals surface area contributed by atoms with Gasteiger partial charge in [-0.15, -0.1) is 0 Å². The zero-order chi connectivity index (χ0) is 21.6. The monoisotopic (exact) mass is 492 g/mol. The molecule has 0 amide bonds. The van der Waals surface area contributed by atoms with Gasteiger partial charge in [0.25, 0.3) is 10.1 Å². The Morgan fingerprint density at radius 1 is 0.793 bits per heavy atom. The molecule has 3 rings (SSSR count). The number of phenolic OH excluding ortho intramolecular Hbond substituents is 2. The zero-order valence-corrected chi connectivity index (χ0v) is 18.1. The van der Waals surface area contributed by atoms with Gasteiger partial charge in [-0.05, 0) is 35.9 Å². The summed E-state index contributed by atoms with van der Waals surface area (Å²) in [7, 11) is -5.09. The molecule has 0 bridgehead atoms. The molecule has 0 fully saturated rings. The van der Waals surface area contributed by atoms with Crippen molar-refractivity contribution in [3.05, 3.63) is 91.4 Å². The third-order valence-electron chi connectivity index (χ3n) is 4.35. The van der Waals surface area contributed by atoms with Gasteiger partial charge in [-0.3, -0.25) is 4.55 Å². The van der Waals surface area contributed by atoms with Crippen LogP contribution in [0, 0.1) is 0 Å². The van der Waals surface area contributed by atoms with Crippen LogP contribution >= 0.6 is 46.4 Å². The van der Waals surface area contributed by atoms with Gasteiger partial charge in [0.2, 0.25) is 0 Å². The van der Waals surface area contributed by atoms with Crippen LogP contribution in [0.15, 0.2) is 54.6 Å². The number of halogens is 4. The first kappa shape index (κ1) is 22.0. The van der Waals surface area contributed by atoms with Crippen LogP contribution in [0.25, 0.3) is 0 Å². The summed E-state index contributed by atoms with van der Waals surface area (Å²) < 4.78 is 34.0. The van der Waals surface area contributed by atoms with Crippen molar-refractivity contribution in [1.29, 1.82) is 0 Å². The molecule has 0 heterocycles. The molecular weight excluding hydrogens is 482 g/mol. The summed E-state index contributed by atoms with van der Waals surface area (Å²) in [6.45, 7) is 0. The number of hydrogen-bond donors (Lipinski definition) is 3. The summed E-state index contributed by atoms with van der Waals surface area (Å²) >= 11 is 24.6. The number of hydrogen-bond acceptors (Lipinski definition) is 4. The number of benzene rings is 3. The summed E-state index contributed by atoms with van der Waals surface area (Å²) in [5, 5.41) is 20.0. The molecular formula is C19H12Cl4O5S. The Bertz CT molecular complexity index is 1210. The predicted octanol–water partition coefficient (Wildman–Crippen LogP) is 5.89. The number of aromatic hydroxyl groups is 2. The van der Waals surface area contributed by atoms with Crippen LogP contribution in [0.3, 0.4) is 0 Å². The maximum atomic E-state index is 13.0. The standard InChI is InChI=1S/C19H12Cl4O5S/c20-11-3-1-2-10(6-11)19(29(26,27)28,14-5-4-12(21)7-16(14)22)15-8-13(24)9-17(25)18(15)23/h1-9,24-25H,(H,26,27,28). The molecule has 0 radical (unpaired) electrons. The molecule has 0 saturated heterocycles. The fraction of sp³-hybridized carbons (Fsp3) is 0.0526. The van der Waals surface area contributed by atoms with Crippen molar-refractivity contribution < 1.29 is 23.2 Å². The molecule has 3 aromatic rings. The molecule has 1 atom stereocenters. The molecule has 0 aliphatic carbocycles. The second kappa shape index (κ2) is 7.87. The maximum absolute atomic E-state index is 13.0. The summed E-state index contributed by atoms with van der Waals surface area (Å²) in [5.74, 6) is -1.08. The van der Waals surface area contributed by atoms with Crippen molar-refractivity contribution in [3.63, 3.8) is 0 Å². The number of phenols is 2. The molecule has 0 aliphatic heterocycles. The van der Waals surface area contributed by atoms with Crippen LogP contribution < -0.4 is 0 Å². The Labute approximate surface area is 186 Å². The Morgan fingerprint density at radius 3 is 2.03 bits per heavy atom. The highest BCUT2D eigenvalue weighted by Crippen LogP contribution is 2.51. The van der Waals surface area contributed by atoms with Crippen LogP contribution in [0.4, 0.5) is 0 Å². The predicted molar refractivity (Wildman–Crippen MR) is 114 cm³/mol. The van der Waals surface area contributed by atoms with Crippen molar-refractivity contribution in [1.82, 2.24) is 0 Å². The molecule has 0 aromatic heterocycles. The second-order valence-corrected chi connectivity index (χ2v) is 9.34. The minimum Gasteiger partial charge on any atom is -0.508 e. The normalized spacial score (nSPS) is 13.8. The van der Waals surface area contributed by atoms with E-state index < -0.39 is 31.4 Å². The largest absolute Gasteiger partial charge is 0.508 e. The van der Waals surface area contributed by atoms with Gasteiger partial charge in [0.15, 0.2) is 4.75 Å². The van der Waals surface area contributed by atoms with Crippen molar-refractivity contribution in [3.8, 4) is 11.5 Å². The lowest BCUT2D eigenvalue weighted by molar-refractivity contribution is 0.444. The van der Waals surface area contributed by atoms with Crippen molar-refractivity contribution in [2.45, 2.75) is 4.75 Å². The van der Waals surface area contributed by atoms with Crippen LogP contribution in [-0.4, -0.2) is 23.2 Å². The van der Waals surface area contributed by atoms with E-state index in [-0.39, 0.29) is 31.8 Å². The van der Waals surface area contributed by atoms with E-state index in [0.717, 1.165) is 12.1 Å². The Hall–Kier alpha value is -1.67.